The van der Waals surface area contributed by atoms with Crippen LogP contribution in [0.3, 0.4) is 0 Å². The Hall–Kier alpha value is -6.24. The molecule has 324 valence electrons. The number of benzene rings is 4. The average Bonchev–Trinajstić information content (AvgIpc) is 3.18. The van der Waals surface area contributed by atoms with Gasteiger partial charge in [0.25, 0.3) is 23.1 Å². The number of allylic oxidation sites excluding steroid dienone is 4. The second kappa shape index (κ2) is 24.8. The van der Waals surface area contributed by atoms with Gasteiger partial charge in [-0.2, -0.15) is 52.7 Å². The van der Waals surface area contributed by atoms with Crippen LogP contribution in [0.25, 0.3) is 23.0 Å². The van der Waals surface area contributed by atoms with Gasteiger partial charge in [-0.3, -0.25) is 19.2 Å². The average molecular weight is 956 g/mol. The normalized spacial score (nSPS) is 12.4. The fraction of sp³-hybridized carbons (Fsp3) is 0.100. The zero-order chi connectivity index (χ0) is 45.9. The van der Waals surface area contributed by atoms with Crippen LogP contribution in [0.2, 0.25) is 0 Å². The molecule has 0 fully saturated rings. The number of carbonyl (C=O) groups is 4. The van der Waals surface area contributed by atoms with Crippen molar-refractivity contribution in [2.45, 2.75) is 24.7 Å². The summed E-state index contributed by atoms with van der Waals surface area (Å²) in [6.07, 6.45) is -19.2. The molecule has 4 aromatic carbocycles. The molecule has 0 saturated carbocycles. The van der Waals surface area contributed by atoms with E-state index in [4.69, 9.17) is 0 Å². The molecular formula is C40H28F12O8Zr. The van der Waals surface area contributed by atoms with Crippen LogP contribution in [0.4, 0.5) is 52.7 Å². The van der Waals surface area contributed by atoms with Crippen molar-refractivity contribution >= 4 is 46.2 Å². The number of hydrogen-bond acceptors (Lipinski definition) is 8. The zero-order valence-corrected chi connectivity index (χ0v) is 32.8. The minimum atomic E-state index is -4.96. The van der Waals surface area contributed by atoms with Gasteiger partial charge in [-0.1, -0.05) is 121 Å². The van der Waals surface area contributed by atoms with Crippen LogP contribution in [-0.2, 0) is 45.4 Å². The number of carbonyl (C=O) groups excluding carboxylic acids is 4. The van der Waals surface area contributed by atoms with Gasteiger partial charge in [-0.25, -0.2) is 0 Å². The minimum Gasteiger partial charge on any atom is -0.507 e. The van der Waals surface area contributed by atoms with Crippen LogP contribution in [0.15, 0.2) is 146 Å². The molecule has 8 nitrogen and oxygen atoms in total. The van der Waals surface area contributed by atoms with Crippen molar-refractivity contribution in [3.63, 3.8) is 0 Å². The standard InChI is InChI=1S/4C10H7F3O2.Zr/c4*11-10(12,13)9(15)6-8(14)7-4-2-1-3-5-7;/h4*1-6,14H;. The van der Waals surface area contributed by atoms with E-state index in [1.54, 1.807) is 24.3 Å². The summed E-state index contributed by atoms with van der Waals surface area (Å²) in [5.41, 5.74) is 0.649. The molecule has 0 aliphatic carbocycles. The van der Waals surface area contributed by atoms with Crippen LogP contribution in [0, 0.1) is 0 Å². The van der Waals surface area contributed by atoms with Crippen molar-refractivity contribution in [1.82, 2.24) is 0 Å². The summed E-state index contributed by atoms with van der Waals surface area (Å²) in [5, 5.41) is 36.8. The quantitative estimate of drug-likeness (QED) is 0.0775. The molecule has 61 heavy (non-hydrogen) atoms. The molecule has 0 aliphatic heterocycles. The van der Waals surface area contributed by atoms with E-state index in [1.807, 2.05) is 0 Å². The molecule has 4 N–H and O–H groups in total. The molecule has 0 saturated heterocycles. The molecule has 0 spiro atoms. The minimum absolute atomic E-state index is 0. The Balaban J connectivity index is 0.000000783. The second-order valence-corrected chi connectivity index (χ2v) is 11.0. The summed E-state index contributed by atoms with van der Waals surface area (Å²) in [7, 11) is 0. The van der Waals surface area contributed by atoms with Gasteiger partial charge < -0.3 is 20.4 Å². The summed E-state index contributed by atoms with van der Waals surface area (Å²) < 4.78 is 142. The number of rotatable bonds is 8. The first kappa shape index (κ1) is 54.8. The van der Waals surface area contributed by atoms with Crippen LogP contribution in [-0.4, -0.2) is 68.3 Å². The summed E-state index contributed by atoms with van der Waals surface area (Å²) >= 11 is 0. The maximum absolute atomic E-state index is 11.8. The van der Waals surface area contributed by atoms with Gasteiger partial charge in [0.2, 0.25) is 0 Å². The van der Waals surface area contributed by atoms with Crippen molar-refractivity contribution in [3.05, 3.63) is 168 Å². The van der Waals surface area contributed by atoms with E-state index in [0.717, 1.165) is 0 Å². The fourth-order valence-corrected chi connectivity index (χ4v) is 3.59. The molecule has 0 unspecified atom stereocenters. The van der Waals surface area contributed by atoms with Crippen LogP contribution >= 0.6 is 0 Å². The molecule has 0 amide bonds. The maximum Gasteiger partial charge on any atom is 0.454 e. The van der Waals surface area contributed by atoms with Gasteiger partial charge in [-0.15, -0.1) is 0 Å². The third-order valence-electron chi connectivity index (χ3n) is 6.47. The Bertz CT molecular complexity index is 1830. The van der Waals surface area contributed by atoms with Crippen molar-refractivity contribution < 1.29 is 118 Å². The van der Waals surface area contributed by atoms with Gasteiger partial charge in [0.05, 0.1) is 0 Å². The Morgan fingerprint density at radius 3 is 0.557 bits per heavy atom. The number of ketones is 4. The van der Waals surface area contributed by atoms with E-state index in [-0.39, 0.29) is 72.8 Å². The Morgan fingerprint density at radius 2 is 0.443 bits per heavy atom. The third kappa shape index (κ3) is 21.5. The first-order chi connectivity index (χ1) is 27.6. The van der Waals surface area contributed by atoms with Crippen molar-refractivity contribution in [3.8, 4) is 0 Å². The molecule has 0 aromatic heterocycles. The van der Waals surface area contributed by atoms with Gasteiger partial charge in [0.15, 0.2) is 0 Å². The number of aliphatic hydroxyl groups excluding tert-OH is 4. The van der Waals surface area contributed by atoms with E-state index in [0.29, 0.717) is 0 Å². The molecule has 0 bridgehead atoms. The molecular weight excluding hydrogens is 928 g/mol. The van der Waals surface area contributed by atoms with E-state index < -0.39 is 70.9 Å². The predicted molar refractivity (Wildman–Crippen MR) is 192 cm³/mol. The van der Waals surface area contributed by atoms with E-state index in [1.165, 1.54) is 97.1 Å². The first-order valence-corrected chi connectivity index (χ1v) is 15.9. The monoisotopic (exact) mass is 954 g/mol. The van der Waals surface area contributed by atoms with Gasteiger partial charge in [0, 0.05) is 72.8 Å². The zero-order valence-electron chi connectivity index (χ0n) is 30.3. The van der Waals surface area contributed by atoms with E-state index >= 15 is 0 Å². The SMILES string of the molecule is O=C(C=C(O)c1ccccc1)C(F)(F)F.O=C(C=C(O)c1ccccc1)C(F)(F)F.O=C(C=C(O)c1ccccc1)C(F)(F)F.O=C(C=C(O)c1ccccc1)C(F)(F)F.[Zr]. The van der Waals surface area contributed by atoms with Gasteiger partial charge in [0.1, 0.15) is 23.0 Å². The molecule has 0 radical (unpaired) electrons. The first-order valence-electron chi connectivity index (χ1n) is 15.9. The molecule has 21 heteroatoms. The van der Waals surface area contributed by atoms with E-state index in [2.05, 4.69) is 0 Å². The summed E-state index contributed by atoms with van der Waals surface area (Å²) in [6.45, 7) is 0. The Labute approximate surface area is 356 Å². The number of aliphatic hydroxyl groups is 4. The van der Waals surface area contributed by atoms with Crippen LogP contribution in [0.1, 0.15) is 22.3 Å². The summed E-state index contributed by atoms with van der Waals surface area (Å²) in [6, 6.07) is 30.1. The van der Waals surface area contributed by atoms with Gasteiger partial charge >= 0.3 is 24.7 Å². The Morgan fingerprint density at radius 1 is 0.311 bits per heavy atom. The molecule has 4 rings (SSSR count). The van der Waals surface area contributed by atoms with Crippen molar-refractivity contribution in [2.75, 3.05) is 0 Å². The summed E-state index contributed by atoms with van der Waals surface area (Å²) in [4.78, 5) is 41.9. The number of halogens is 12. The smallest absolute Gasteiger partial charge is 0.454 e. The second-order valence-electron chi connectivity index (χ2n) is 11.0. The van der Waals surface area contributed by atoms with Crippen LogP contribution in [0.5, 0.6) is 0 Å². The molecule has 0 heterocycles. The van der Waals surface area contributed by atoms with Gasteiger partial charge in [-0.05, 0) is 0 Å². The predicted octanol–water partition coefficient (Wildman–Crippen LogP) is 10.9. The third-order valence-corrected chi connectivity index (χ3v) is 6.47. The van der Waals surface area contributed by atoms with Crippen molar-refractivity contribution in [2.24, 2.45) is 0 Å². The summed E-state index contributed by atoms with van der Waals surface area (Å²) in [5.74, 6) is -11.1. The largest absolute Gasteiger partial charge is 0.507 e. The van der Waals surface area contributed by atoms with E-state index in [9.17, 15) is 92.3 Å². The maximum atomic E-state index is 11.8. The number of alkyl halides is 12. The fourth-order valence-electron chi connectivity index (χ4n) is 3.59. The topological polar surface area (TPSA) is 149 Å². The molecule has 0 atom stereocenters. The van der Waals surface area contributed by atoms with Crippen molar-refractivity contribution in [1.29, 1.82) is 0 Å². The Kier molecular flexibility index (Phi) is 22.2. The number of hydrogen-bond donors (Lipinski definition) is 4. The molecule has 4 aromatic rings. The molecule has 0 aliphatic rings. The van der Waals surface area contributed by atoms with Crippen LogP contribution < -0.4 is 0 Å².